The zero-order chi connectivity index (χ0) is 14.5. The van der Waals surface area contributed by atoms with Crippen molar-refractivity contribution in [3.63, 3.8) is 0 Å². The van der Waals surface area contributed by atoms with Gasteiger partial charge in [-0.25, -0.2) is 0 Å². The molecule has 2 nitrogen and oxygen atoms in total. The zero-order valence-electron chi connectivity index (χ0n) is 13.5. The van der Waals surface area contributed by atoms with E-state index in [-0.39, 0.29) is 0 Å². The van der Waals surface area contributed by atoms with E-state index in [1.54, 1.807) is 0 Å². The van der Waals surface area contributed by atoms with Crippen LogP contribution in [0.4, 0.5) is 11.4 Å². The Morgan fingerprint density at radius 1 is 1.05 bits per heavy atom. The second-order valence-electron chi connectivity index (χ2n) is 6.85. The minimum Gasteiger partial charge on any atom is -0.381 e. The van der Waals surface area contributed by atoms with Crippen LogP contribution in [0.15, 0.2) is 24.3 Å². The van der Waals surface area contributed by atoms with Crippen molar-refractivity contribution in [1.82, 2.24) is 0 Å². The quantitative estimate of drug-likeness (QED) is 0.832. The van der Waals surface area contributed by atoms with Crippen LogP contribution in [0, 0.1) is 5.92 Å². The lowest BCUT2D eigenvalue weighted by Gasteiger charge is -2.34. The number of anilines is 2. The number of para-hydroxylation sites is 2. The fourth-order valence-corrected chi connectivity index (χ4v) is 4.02. The summed E-state index contributed by atoms with van der Waals surface area (Å²) in [5.41, 5.74) is 2.79. The van der Waals surface area contributed by atoms with Gasteiger partial charge in [0.25, 0.3) is 0 Å². The van der Waals surface area contributed by atoms with Gasteiger partial charge in [0.1, 0.15) is 0 Å². The molecule has 1 aliphatic heterocycles. The van der Waals surface area contributed by atoms with Crippen LogP contribution in [-0.2, 0) is 0 Å². The average molecular weight is 286 g/mol. The van der Waals surface area contributed by atoms with Crippen LogP contribution in [0.3, 0.4) is 0 Å². The molecule has 1 saturated carbocycles. The molecular formula is C19H30N2. The molecule has 2 atom stereocenters. The molecule has 0 bridgehead atoms. The van der Waals surface area contributed by atoms with E-state index in [0.717, 1.165) is 5.92 Å². The molecule has 1 saturated heterocycles. The second kappa shape index (κ2) is 7.20. The Kier molecular flexibility index (Phi) is 5.05. The molecule has 0 amide bonds. The molecule has 2 aliphatic rings. The number of benzene rings is 1. The van der Waals surface area contributed by atoms with Gasteiger partial charge in [-0.15, -0.1) is 0 Å². The van der Waals surface area contributed by atoms with Gasteiger partial charge in [0.05, 0.1) is 11.4 Å². The summed E-state index contributed by atoms with van der Waals surface area (Å²) >= 11 is 0. The van der Waals surface area contributed by atoms with Crippen molar-refractivity contribution in [2.45, 2.75) is 64.3 Å². The maximum Gasteiger partial charge on any atom is 0.0602 e. The van der Waals surface area contributed by atoms with Gasteiger partial charge in [0.15, 0.2) is 0 Å². The number of nitrogens with one attached hydrogen (secondary N) is 1. The Morgan fingerprint density at radius 2 is 1.86 bits per heavy atom. The fraction of sp³-hybridized carbons (Fsp3) is 0.684. The first-order chi connectivity index (χ1) is 10.4. The molecule has 1 heterocycles. The molecule has 1 aliphatic carbocycles. The molecule has 116 valence electrons. The Morgan fingerprint density at radius 3 is 2.67 bits per heavy atom. The lowest BCUT2D eigenvalue weighted by Crippen LogP contribution is -2.32. The van der Waals surface area contributed by atoms with E-state index in [2.05, 4.69) is 41.4 Å². The molecule has 0 aromatic heterocycles. The lowest BCUT2D eigenvalue weighted by molar-refractivity contribution is 0.327. The summed E-state index contributed by atoms with van der Waals surface area (Å²) in [6, 6.07) is 9.61. The van der Waals surface area contributed by atoms with Crippen LogP contribution in [-0.4, -0.2) is 19.1 Å². The third-order valence-corrected chi connectivity index (χ3v) is 5.32. The van der Waals surface area contributed by atoms with Gasteiger partial charge in [-0.2, -0.15) is 0 Å². The Balaban J connectivity index is 1.69. The van der Waals surface area contributed by atoms with Crippen molar-refractivity contribution in [2.75, 3.05) is 23.3 Å². The van der Waals surface area contributed by atoms with Gasteiger partial charge in [-0.1, -0.05) is 38.3 Å². The van der Waals surface area contributed by atoms with Crippen LogP contribution < -0.4 is 10.2 Å². The summed E-state index contributed by atoms with van der Waals surface area (Å²) in [6.07, 6.45) is 10.9. The van der Waals surface area contributed by atoms with Crippen molar-refractivity contribution in [2.24, 2.45) is 5.92 Å². The highest BCUT2D eigenvalue weighted by Crippen LogP contribution is 2.33. The lowest BCUT2D eigenvalue weighted by atomic mass is 9.84. The van der Waals surface area contributed by atoms with Gasteiger partial charge in [-0.3, -0.25) is 0 Å². The highest BCUT2D eigenvalue weighted by molar-refractivity contribution is 5.70. The fourth-order valence-electron chi connectivity index (χ4n) is 4.02. The van der Waals surface area contributed by atoms with Gasteiger partial charge in [0, 0.05) is 19.1 Å². The van der Waals surface area contributed by atoms with E-state index in [1.807, 2.05) is 0 Å². The van der Waals surface area contributed by atoms with Crippen molar-refractivity contribution in [3.05, 3.63) is 24.3 Å². The smallest absolute Gasteiger partial charge is 0.0602 e. The molecule has 2 fully saturated rings. The highest BCUT2D eigenvalue weighted by atomic mass is 15.2. The molecule has 1 aromatic rings. The summed E-state index contributed by atoms with van der Waals surface area (Å²) in [5, 5.41) is 3.87. The molecular weight excluding hydrogens is 256 g/mol. The maximum atomic E-state index is 3.87. The Bertz CT molecular complexity index is 437. The molecule has 2 unspecified atom stereocenters. The third-order valence-electron chi connectivity index (χ3n) is 5.32. The SMILES string of the molecule is CCC1CCCC(Nc2ccccc2N2CCCCC2)C1. The van der Waals surface area contributed by atoms with E-state index in [9.17, 15) is 0 Å². The van der Waals surface area contributed by atoms with Crippen molar-refractivity contribution < 1.29 is 0 Å². The van der Waals surface area contributed by atoms with E-state index in [1.165, 1.54) is 75.8 Å². The van der Waals surface area contributed by atoms with Gasteiger partial charge in [0.2, 0.25) is 0 Å². The Labute approximate surface area is 129 Å². The van der Waals surface area contributed by atoms with Crippen LogP contribution >= 0.6 is 0 Å². The number of piperidine rings is 1. The summed E-state index contributed by atoms with van der Waals surface area (Å²) in [7, 11) is 0. The average Bonchev–Trinajstić information content (AvgIpc) is 2.56. The molecule has 0 spiro atoms. The van der Waals surface area contributed by atoms with Gasteiger partial charge in [-0.05, 0) is 50.2 Å². The number of hydrogen-bond donors (Lipinski definition) is 1. The number of rotatable bonds is 4. The van der Waals surface area contributed by atoms with E-state index < -0.39 is 0 Å². The Hall–Kier alpha value is -1.18. The standard InChI is InChI=1S/C19H30N2/c1-2-16-9-8-10-17(15-16)20-18-11-4-5-12-19(18)21-13-6-3-7-14-21/h4-5,11-12,16-17,20H,2-3,6-10,13-15H2,1H3. The van der Waals surface area contributed by atoms with Crippen molar-refractivity contribution in [3.8, 4) is 0 Å². The molecule has 3 rings (SSSR count). The van der Waals surface area contributed by atoms with E-state index >= 15 is 0 Å². The highest BCUT2D eigenvalue weighted by Gasteiger charge is 2.22. The predicted octanol–water partition coefficient (Wildman–Crippen LogP) is 5.06. The first-order valence-corrected chi connectivity index (χ1v) is 8.97. The number of nitrogens with zero attached hydrogens (tertiary/aromatic N) is 1. The largest absolute Gasteiger partial charge is 0.381 e. The molecule has 1 aromatic carbocycles. The summed E-state index contributed by atoms with van der Waals surface area (Å²) in [4.78, 5) is 2.58. The third kappa shape index (κ3) is 3.72. The van der Waals surface area contributed by atoms with Crippen LogP contribution in [0.25, 0.3) is 0 Å². The van der Waals surface area contributed by atoms with Gasteiger partial charge >= 0.3 is 0 Å². The second-order valence-corrected chi connectivity index (χ2v) is 6.85. The van der Waals surface area contributed by atoms with Crippen LogP contribution in [0.5, 0.6) is 0 Å². The maximum absolute atomic E-state index is 3.87. The molecule has 0 radical (unpaired) electrons. The monoisotopic (exact) mass is 286 g/mol. The molecule has 21 heavy (non-hydrogen) atoms. The van der Waals surface area contributed by atoms with Gasteiger partial charge < -0.3 is 10.2 Å². The molecule has 1 N–H and O–H groups in total. The molecule has 2 heteroatoms. The van der Waals surface area contributed by atoms with E-state index in [0.29, 0.717) is 6.04 Å². The first-order valence-electron chi connectivity index (χ1n) is 8.97. The first kappa shape index (κ1) is 14.7. The summed E-state index contributed by atoms with van der Waals surface area (Å²) < 4.78 is 0. The predicted molar refractivity (Wildman–Crippen MR) is 92.2 cm³/mol. The topological polar surface area (TPSA) is 15.3 Å². The normalized spacial score (nSPS) is 26.6. The zero-order valence-corrected chi connectivity index (χ0v) is 13.5. The number of hydrogen-bond acceptors (Lipinski definition) is 2. The summed E-state index contributed by atoms with van der Waals surface area (Å²) in [6.45, 7) is 4.79. The minimum atomic E-state index is 0.676. The summed E-state index contributed by atoms with van der Waals surface area (Å²) in [5.74, 6) is 0.929. The van der Waals surface area contributed by atoms with Crippen LogP contribution in [0.1, 0.15) is 58.3 Å². The minimum absolute atomic E-state index is 0.676. The van der Waals surface area contributed by atoms with Crippen LogP contribution in [0.2, 0.25) is 0 Å². The van der Waals surface area contributed by atoms with E-state index in [4.69, 9.17) is 0 Å². The van der Waals surface area contributed by atoms with Crippen molar-refractivity contribution in [1.29, 1.82) is 0 Å². The van der Waals surface area contributed by atoms with Crippen molar-refractivity contribution >= 4 is 11.4 Å².